The number of hydrogen-bond acceptors (Lipinski definition) is 6. The minimum absolute atomic E-state index is 0. The molecule has 2 fully saturated rings. The van der Waals surface area contributed by atoms with E-state index in [1.165, 1.54) is 50.4 Å². The molecule has 7 nitrogen and oxygen atoms in total. The predicted octanol–water partition coefficient (Wildman–Crippen LogP) is 2.93. The topological polar surface area (TPSA) is 59.9 Å². The van der Waals surface area contributed by atoms with Crippen molar-refractivity contribution in [2.24, 2.45) is 10.9 Å². The van der Waals surface area contributed by atoms with E-state index in [1.807, 2.05) is 0 Å². The molecule has 0 amide bonds. The highest BCUT2D eigenvalue weighted by molar-refractivity contribution is 14.0. The fourth-order valence-corrected chi connectivity index (χ4v) is 4.78. The van der Waals surface area contributed by atoms with Crippen molar-refractivity contribution in [2.45, 2.75) is 46.5 Å². The molecule has 3 heterocycles. The number of nitrogens with one attached hydrogen (secondary N) is 1. The monoisotopic (exact) mass is 535 g/mol. The molecule has 3 rings (SSSR count). The zero-order chi connectivity index (χ0) is 19.8. The molecule has 166 valence electrons. The summed E-state index contributed by atoms with van der Waals surface area (Å²) in [5.41, 5.74) is 0. The lowest BCUT2D eigenvalue weighted by Crippen LogP contribution is -2.52. The third-order valence-corrected chi connectivity index (χ3v) is 6.52. The maximum atomic E-state index is 5.02. The molecular formula is C20H38IN7S. The van der Waals surface area contributed by atoms with E-state index < -0.39 is 0 Å². The minimum Gasteiger partial charge on any atom is -0.357 e. The number of guanidine groups is 1. The summed E-state index contributed by atoms with van der Waals surface area (Å²) < 4.78 is 4.43. The van der Waals surface area contributed by atoms with E-state index in [-0.39, 0.29) is 24.0 Å². The Bertz CT molecular complexity index is 608. The number of likely N-dealkylation sites (tertiary alicyclic amines) is 1. The van der Waals surface area contributed by atoms with E-state index in [0.717, 1.165) is 68.5 Å². The highest BCUT2D eigenvalue weighted by Gasteiger charge is 2.23. The van der Waals surface area contributed by atoms with Crippen molar-refractivity contribution in [3.05, 3.63) is 5.82 Å². The van der Waals surface area contributed by atoms with Crippen LogP contribution < -0.4 is 10.2 Å². The Balaban J connectivity index is 0.00000300. The van der Waals surface area contributed by atoms with Gasteiger partial charge in [0.15, 0.2) is 5.96 Å². The van der Waals surface area contributed by atoms with Gasteiger partial charge in [-0.05, 0) is 51.7 Å². The van der Waals surface area contributed by atoms with E-state index in [2.05, 4.69) is 50.1 Å². The SMILES string of the molecule is CCCN1CCC(CN=C(NCC)N2CCN(c3nc(CC)ns3)CC2)CC1.I. The smallest absolute Gasteiger partial charge is 0.205 e. The Labute approximate surface area is 197 Å². The van der Waals surface area contributed by atoms with Crippen molar-refractivity contribution in [2.75, 3.05) is 63.8 Å². The molecule has 2 aliphatic rings. The molecule has 1 aromatic rings. The number of aryl methyl sites for hydroxylation is 1. The van der Waals surface area contributed by atoms with Crippen LogP contribution >= 0.6 is 35.5 Å². The standard InChI is InChI=1S/C20H37N7S.HI/c1-4-9-25-10-7-17(8-11-25)16-22-19(21-6-3)26-12-14-27(15-13-26)20-23-18(5-2)24-28-20;/h17H,4-16H2,1-3H3,(H,21,22);1H. The number of hydrogen-bond donors (Lipinski definition) is 1. The van der Waals surface area contributed by atoms with Crippen LogP contribution in [-0.4, -0.2) is 84.0 Å². The summed E-state index contributed by atoms with van der Waals surface area (Å²) in [6.45, 7) is 16.1. The zero-order valence-corrected chi connectivity index (χ0v) is 21.4. The Kier molecular flexibility index (Phi) is 10.9. The van der Waals surface area contributed by atoms with E-state index in [1.54, 1.807) is 0 Å². The van der Waals surface area contributed by atoms with Crippen molar-refractivity contribution >= 4 is 46.6 Å². The molecule has 0 aromatic carbocycles. The fraction of sp³-hybridized carbons (Fsp3) is 0.850. The number of aromatic nitrogens is 2. The summed E-state index contributed by atoms with van der Waals surface area (Å²) in [6.07, 6.45) is 4.74. The van der Waals surface area contributed by atoms with Crippen LogP contribution in [0.1, 0.15) is 45.9 Å². The molecular weight excluding hydrogens is 497 g/mol. The van der Waals surface area contributed by atoms with Gasteiger partial charge in [-0.25, -0.2) is 4.98 Å². The van der Waals surface area contributed by atoms with Crippen molar-refractivity contribution in [1.29, 1.82) is 0 Å². The lowest BCUT2D eigenvalue weighted by molar-refractivity contribution is 0.188. The van der Waals surface area contributed by atoms with Gasteiger partial charge in [-0.15, -0.1) is 24.0 Å². The Morgan fingerprint density at radius 2 is 1.83 bits per heavy atom. The summed E-state index contributed by atoms with van der Waals surface area (Å²) in [5, 5.41) is 4.58. The first-order valence-electron chi connectivity index (χ1n) is 11.1. The summed E-state index contributed by atoms with van der Waals surface area (Å²) >= 11 is 1.53. The van der Waals surface area contributed by atoms with Gasteiger partial charge in [0.2, 0.25) is 5.13 Å². The van der Waals surface area contributed by atoms with Gasteiger partial charge in [0.1, 0.15) is 5.82 Å². The number of piperazine rings is 1. The first kappa shape index (κ1) is 24.6. The first-order chi connectivity index (χ1) is 13.7. The molecule has 1 aromatic heterocycles. The number of nitrogens with zero attached hydrogens (tertiary/aromatic N) is 6. The second kappa shape index (κ2) is 12.9. The third kappa shape index (κ3) is 7.20. The van der Waals surface area contributed by atoms with Crippen molar-refractivity contribution < 1.29 is 0 Å². The van der Waals surface area contributed by atoms with Crippen LogP contribution in [0.5, 0.6) is 0 Å². The van der Waals surface area contributed by atoms with Crippen LogP contribution in [0.4, 0.5) is 5.13 Å². The Hall–Kier alpha value is -0.680. The maximum Gasteiger partial charge on any atom is 0.205 e. The number of anilines is 1. The van der Waals surface area contributed by atoms with E-state index in [0.29, 0.717) is 0 Å². The summed E-state index contributed by atoms with van der Waals surface area (Å²) in [7, 11) is 0. The molecule has 0 saturated carbocycles. The maximum absolute atomic E-state index is 5.02. The van der Waals surface area contributed by atoms with Gasteiger partial charge >= 0.3 is 0 Å². The van der Waals surface area contributed by atoms with Gasteiger partial charge in [0, 0.05) is 57.2 Å². The first-order valence-corrected chi connectivity index (χ1v) is 11.8. The molecule has 1 N–H and O–H groups in total. The molecule has 0 spiro atoms. The molecule has 2 aliphatic heterocycles. The molecule has 0 aliphatic carbocycles. The summed E-state index contributed by atoms with van der Waals surface area (Å²) in [4.78, 5) is 17.0. The highest BCUT2D eigenvalue weighted by atomic mass is 127. The molecule has 9 heteroatoms. The van der Waals surface area contributed by atoms with Crippen molar-refractivity contribution in [3.63, 3.8) is 0 Å². The molecule has 2 saturated heterocycles. The van der Waals surface area contributed by atoms with Gasteiger partial charge in [-0.2, -0.15) is 4.37 Å². The number of halogens is 1. The van der Waals surface area contributed by atoms with Crippen LogP contribution in [-0.2, 0) is 6.42 Å². The van der Waals surface area contributed by atoms with Crippen LogP contribution in [0.25, 0.3) is 0 Å². The lowest BCUT2D eigenvalue weighted by atomic mass is 9.97. The van der Waals surface area contributed by atoms with Crippen molar-refractivity contribution in [3.8, 4) is 0 Å². The number of rotatable bonds is 7. The molecule has 29 heavy (non-hydrogen) atoms. The molecule has 0 bridgehead atoms. The Morgan fingerprint density at radius 1 is 1.10 bits per heavy atom. The van der Waals surface area contributed by atoms with Crippen LogP contribution in [0.3, 0.4) is 0 Å². The van der Waals surface area contributed by atoms with Gasteiger partial charge in [0.05, 0.1) is 0 Å². The quantitative estimate of drug-likeness (QED) is 0.329. The largest absolute Gasteiger partial charge is 0.357 e. The van der Waals surface area contributed by atoms with Crippen LogP contribution in [0, 0.1) is 5.92 Å². The normalized spacial score (nSPS) is 19.3. The van der Waals surface area contributed by atoms with Gasteiger partial charge in [-0.3, -0.25) is 4.99 Å². The second-order valence-electron chi connectivity index (χ2n) is 7.80. The average Bonchev–Trinajstić information content (AvgIpc) is 3.22. The molecule has 0 atom stereocenters. The average molecular weight is 536 g/mol. The molecule has 0 radical (unpaired) electrons. The number of piperidine rings is 1. The van der Waals surface area contributed by atoms with Crippen LogP contribution in [0.15, 0.2) is 4.99 Å². The summed E-state index contributed by atoms with van der Waals surface area (Å²) in [6, 6.07) is 0. The Morgan fingerprint density at radius 3 is 2.41 bits per heavy atom. The zero-order valence-electron chi connectivity index (χ0n) is 18.3. The minimum atomic E-state index is 0. The van der Waals surface area contributed by atoms with Gasteiger partial charge in [0.25, 0.3) is 0 Å². The second-order valence-corrected chi connectivity index (χ2v) is 8.53. The van der Waals surface area contributed by atoms with E-state index in [9.17, 15) is 0 Å². The lowest BCUT2D eigenvalue weighted by Gasteiger charge is -2.36. The highest BCUT2D eigenvalue weighted by Crippen LogP contribution is 2.20. The summed E-state index contributed by atoms with van der Waals surface area (Å²) in [5.74, 6) is 2.78. The number of aliphatic imine (C=N–C) groups is 1. The van der Waals surface area contributed by atoms with Gasteiger partial charge in [-0.1, -0.05) is 13.8 Å². The molecule has 0 unspecified atom stereocenters. The van der Waals surface area contributed by atoms with Crippen molar-refractivity contribution in [1.82, 2.24) is 24.5 Å². The van der Waals surface area contributed by atoms with E-state index in [4.69, 9.17) is 4.99 Å². The van der Waals surface area contributed by atoms with E-state index >= 15 is 0 Å². The van der Waals surface area contributed by atoms with Gasteiger partial charge < -0.3 is 20.0 Å². The van der Waals surface area contributed by atoms with Crippen LogP contribution in [0.2, 0.25) is 0 Å². The predicted molar refractivity (Wildman–Crippen MR) is 134 cm³/mol. The fourth-order valence-electron chi connectivity index (χ4n) is 3.98. The third-order valence-electron chi connectivity index (χ3n) is 5.70.